The molecule has 0 aliphatic rings. The molecule has 0 saturated carbocycles. The number of rotatable bonds is 27. The first-order chi connectivity index (χ1) is 19.8. The van der Waals surface area contributed by atoms with E-state index in [0.29, 0.717) is 0 Å². The van der Waals surface area contributed by atoms with Crippen molar-refractivity contribution in [2.45, 2.75) is 128 Å². The Kier molecular flexibility index (Phi) is 20.2. The Morgan fingerprint density at radius 3 is 1.25 bits per heavy atom. The Hall–Kier alpha value is -2.04. The Balaban J connectivity index is 1.69. The normalized spacial score (nSPS) is 11.2. The van der Waals surface area contributed by atoms with E-state index >= 15 is 0 Å². The summed E-state index contributed by atoms with van der Waals surface area (Å²) in [5.74, 6) is 1.76. The average molecular weight is 553 g/mol. The first-order valence-corrected chi connectivity index (χ1v) is 16.6. The van der Waals surface area contributed by atoms with E-state index < -0.39 is 0 Å². The number of fused-ring (bicyclic) bond motifs is 1. The van der Waals surface area contributed by atoms with Gasteiger partial charge < -0.3 is 20.9 Å². The van der Waals surface area contributed by atoms with Crippen molar-refractivity contribution >= 4 is 16.8 Å². The van der Waals surface area contributed by atoms with Gasteiger partial charge in [0, 0.05) is 0 Å². The number of benzene rings is 2. The van der Waals surface area contributed by atoms with Crippen molar-refractivity contribution in [2.24, 2.45) is 11.5 Å². The molecule has 0 unspecified atom stereocenters. The molecule has 0 saturated heterocycles. The standard InChI is InChI=1S/C36H60N2O2/c1-2-32-23-24-33-30-35(39-27-21-17-13-9-5-3-7-11-15-19-25-37)36(31-34(33)29-32)40-28-22-18-14-10-6-4-8-12-16-20-26-38/h2,23-24,29-31H,1,3-22,25-28,37-38H2. The molecule has 40 heavy (non-hydrogen) atoms. The van der Waals surface area contributed by atoms with E-state index in [2.05, 4.69) is 36.9 Å². The Morgan fingerprint density at radius 1 is 0.475 bits per heavy atom. The SMILES string of the molecule is C=Cc1ccc2cc(OCCCCCCCCCCCCN)c(OCCCCCCCCCCCCN)cc2c1. The molecular formula is C36H60N2O2. The summed E-state index contributed by atoms with van der Waals surface area (Å²) in [6.07, 6.45) is 27.6. The van der Waals surface area contributed by atoms with Crippen LogP contribution >= 0.6 is 0 Å². The molecule has 0 aromatic heterocycles. The molecule has 0 aliphatic heterocycles. The van der Waals surface area contributed by atoms with Crippen LogP contribution in [0.3, 0.4) is 0 Å². The zero-order valence-electron chi connectivity index (χ0n) is 25.6. The van der Waals surface area contributed by atoms with Gasteiger partial charge in [0.15, 0.2) is 11.5 Å². The number of hydrogen-bond donors (Lipinski definition) is 2. The second-order valence-corrected chi connectivity index (χ2v) is 11.5. The Labute approximate surface area is 246 Å². The van der Waals surface area contributed by atoms with Gasteiger partial charge in [-0.05, 0) is 73.3 Å². The fraction of sp³-hybridized carbons (Fsp3) is 0.667. The molecule has 0 bridgehead atoms. The van der Waals surface area contributed by atoms with E-state index in [4.69, 9.17) is 20.9 Å². The lowest BCUT2D eigenvalue weighted by Crippen LogP contribution is -2.03. The van der Waals surface area contributed by atoms with Gasteiger partial charge in [-0.2, -0.15) is 0 Å². The van der Waals surface area contributed by atoms with Gasteiger partial charge >= 0.3 is 0 Å². The quantitative estimate of drug-likeness (QED) is 0.108. The molecule has 0 spiro atoms. The molecule has 0 fully saturated rings. The summed E-state index contributed by atoms with van der Waals surface area (Å²) >= 11 is 0. The van der Waals surface area contributed by atoms with Crippen LogP contribution in [0.15, 0.2) is 36.9 Å². The number of unbranched alkanes of at least 4 members (excludes halogenated alkanes) is 18. The number of hydrogen-bond acceptors (Lipinski definition) is 4. The van der Waals surface area contributed by atoms with E-state index in [1.807, 2.05) is 6.08 Å². The smallest absolute Gasteiger partial charge is 0.161 e. The minimum atomic E-state index is 0.744. The van der Waals surface area contributed by atoms with Crippen LogP contribution in [0.25, 0.3) is 16.8 Å². The highest BCUT2D eigenvalue weighted by atomic mass is 16.5. The molecule has 4 nitrogen and oxygen atoms in total. The van der Waals surface area contributed by atoms with Crippen LogP contribution < -0.4 is 20.9 Å². The van der Waals surface area contributed by atoms with Crippen molar-refractivity contribution in [1.29, 1.82) is 0 Å². The van der Waals surface area contributed by atoms with Crippen molar-refractivity contribution in [3.63, 3.8) is 0 Å². The molecule has 2 aromatic carbocycles. The maximum absolute atomic E-state index is 6.29. The number of nitrogens with two attached hydrogens (primary N) is 2. The minimum absolute atomic E-state index is 0.744. The van der Waals surface area contributed by atoms with Gasteiger partial charge in [-0.1, -0.05) is 128 Å². The third-order valence-electron chi connectivity index (χ3n) is 7.87. The highest BCUT2D eigenvalue weighted by Gasteiger charge is 2.09. The van der Waals surface area contributed by atoms with Crippen LogP contribution in [0.4, 0.5) is 0 Å². The number of ether oxygens (including phenoxy) is 2. The fourth-order valence-electron chi connectivity index (χ4n) is 5.31. The molecule has 0 radical (unpaired) electrons. The summed E-state index contributed by atoms with van der Waals surface area (Å²) < 4.78 is 12.6. The van der Waals surface area contributed by atoms with Gasteiger partial charge in [-0.15, -0.1) is 0 Å². The molecule has 2 rings (SSSR count). The first kappa shape index (κ1) is 34.2. The maximum atomic E-state index is 6.29. The van der Waals surface area contributed by atoms with Gasteiger partial charge in [0.25, 0.3) is 0 Å². The van der Waals surface area contributed by atoms with Gasteiger partial charge in [0.05, 0.1) is 13.2 Å². The van der Waals surface area contributed by atoms with E-state index in [1.54, 1.807) is 0 Å². The third-order valence-corrected chi connectivity index (χ3v) is 7.87. The van der Waals surface area contributed by atoms with Crippen LogP contribution in [0.1, 0.15) is 134 Å². The topological polar surface area (TPSA) is 70.5 Å². The fourth-order valence-corrected chi connectivity index (χ4v) is 5.31. The minimum Gasteiger partial charge on any atom is -0.490 e. The lowest BCUT2D eigenvalue weighted by molar-refractivity contribution is 0.259. The van der Waals surface area contributed by atoms with E-state index in [0.717, 1.165) is 56.2 Å². The Bertz CT molecular complexity index is 898. The van der Waals surface area contributed by atoms with Crippen molar-refractivity contribution in [1.82, 2.24) is 0 Å². The van der Waals surface area contributed by atoms with Crippen molar-refractivity contribution < 1.29 is 9.47 Å². The zero-order valence-corrected chi connectivity index (χ0v) is 25.6. The summed E-state index contributed by atoms with van der Waals surface area (Å²) in [6.45, 7) is 7.09. The second kappa shape index (κ2) is 23.6. The van der Waals surface area contributed by atoms with Gasteiger partial charge in [0.1, 0.15) is 0 Å². The molecule has 0 atom stereocenters. The first-order valence-electron chi connectivity index (χ1n) is 16.6. The zero-order chi connectivity index (χ0) is 28.5. The van der Waals surface area contributed by atoms with Crippen LogP contribution in [-0.2, 0) is 0 Å². The van der Waals surface area contributed by atoms with Gasteiger partial charge in [0.2, 0.25) is 0 Å². The molecule has 0 heterocycles. The molecule has 0 amide bonds. The van der Waals surface area contributed by atoms with Gasteiger partial charge in [-0.25, -0.2) is 0 Å². The molecule has 226 valence electrons. The highest BCUT2D eigenvalue weighted by Crippen LogP contribution is 2.34. The summed E-state index contributed by atoms with van der Waals surface area (Å²) in [6, 6.07) is 10.7. The lowest BCUT2D eigenvalue weighted by Gasteiger charge is -2.15. The summed E-state index contributed by atoms with van der Waals surface area (Å²) in [4.78, 5) is 0. The van der Waals surface area contributed by atoms with Crippen LogP contribution in [0.5, 0.6) is 11.5 Å². The Morgan fingerprint density at radius 2 is 0.850 bits per heavy atom. The molecule has 2 aromatic rings. The monoisotopic (exact) mass is 552 g/mol. The molecule has 4 N–H and O–H groups in total. The van der Waals surface area contributed by atoms with Crippen LogP contribution in [-0.4, -0.2) is 26.3 Å². The highest BCUT2D eigenvalue weighted by molar-refractivity contribution is 5.88. The third kappa shape index (κ3) is 15.7. The largest absolute Gasteiger partial charge is 0.490 e. The molecule has 0 aliphatic carbocycles. The van der Waals surface area contributed by atoms with Crippen molar-refractivity contribution in [3.05, 3.63) is 42.5 Å². The van der Waals surface area contributed by atoms with Crippen LogP contribution in [0.2, 0.25) is 0 Å². The maximum Gasteiger partial charge on any atom is 0.161 e. The summed E-state index contributed by atoms with van der Waals surface area (Å²) in [5.41, 5.74) is 12.3. The van der Waals surface area contributed by atoms with Crippen molar-refractivity contribution in [3.8, 4) is 11.5 Å². The van der Waals surface area contributed by atoms with Crippen molar-refractivity contribution in [2.75, 3.05) is 26.3 Å². The van der Waals surface area contributed by atoms with Crippen LogP contribution in [0, 0.1) is 0 Å². The van der Waals surface area contributed by atoms with E-state index in [9.17, 15) is 0 Å². The summed E-state index contributed by atoms with van der Waals surface area (Å²) in [7, 11) is 0. The molecule has 4 heteroatoms. The lowest BCUT2D eigenvalue weighted by atomic mass is 10.1. The second-order valence-electron chi connectivity index (χ2n) is 11.5. The van der Waals surface area contributed by atoms with E-state index in [-0.39, 0.29) is 0 Å². The summed E-state index contributed by atoms with van der Waals surface area (Å²) in [5, 5.41) is 2.36. The predicted octanol–water partition coefficient (Wildman–Crippen LogP) is 9.96. The predicted molar refractivity (Wildman–Crippen MR) is 175 cm³/mol. The van der Waals surface area contributed by atoms with Gasteiger partial charge in [-0.3, -0.25) is 0 Å². The van der Waals surface area contributed by atoms with E-state index in [1.165, 1.54) is 126 Å². The average Bonchev–Trinajstić information content (AvgIpc) is 2.98. The molecular weight excluding hydrogens is 492 g/mol.